The van der Waals surface area contributed by atoms with Gasteiger partial charge in [0.25, 0.3) is 0 Å². The minimum absolute atomic E-state index is 0.00111. The lowest BCUT2D eigenvalue weighted by Crippen LogP contribution is -2.32. The van der Waals surface area contributed by atoms with Crippen LogP contribution in [0, 0.1) is 18.3 Å². The molecule has 0 unspecified atom stereocenters. The Balaban J connectivity index is 2.69. The lowest BCUT2D eigenvalue weighted by molar-refractivity contribution is -0.121. The van der Waals surface area contributed by atoms with Crippen molar-refractivity contribution < 1.29 is 4.79 Å². The van der Waals surface area contributed by atoms with Crippen molar-refractivity contribution in [2.45, 2.75) is 13.5 Å². The smallest absolute Gasteiger partial charge is 0.233 e. The number of carbonyl (C=O) groups is 1. The Morgan fingerprint density at radius 1 is 1.53 bits per heavy atom. The highest BCUT2D eigenvalue weighted by atomic mass is 16.1. The average Bonchev–Trinajstić information content (AvgIpc) is 2.31. The van der Waals surface area contributed by atoms with Crippen LogP contribution in [0.4, 0.5) is 0 Å². The summed E-state index contributed by atoms with van der Waals surface area (Å²) in [7, 11) is 3.52. The average molecular weight is 231 g/mol. The van der Waals surface area contributed by atoms with Crippen molar-refractivity contribution in [2.24, 2.45) is 0 Å². The summed E-state index contributed by atoms with van der Waals surface area (Å²) in [6, 6.07) is 7.72. The van der Waals surface area contributed by atoms with E-state index in [0.717, 1.165) is 11.1 Å². The number of hydrogen-bond acceptors (Lipinski definition) is 3. The third-order valence-corrected chi connectivity index (χ3v) is 2.60. The summed E-state index contributed by atoms with van der Waals surface area (Å²) in [6.45, 7) is 3.05. The van der Waals surface area contributed by atoms with Gasteiger partial charge in [-0.25, -0.2) is 0 Å². The number of rotatable bonds is 4. The van der Waals surface area contributed by atoms with Crippen LogP contribution in [0.15, 0.2) is 18.2 Å². The molecule has 4 heteroatoms. The molecule has 0 aromatic heterocycles. The summed E-state index contributed by atoms with van der Waals surface area (Å²) in [6.07, 6.45) is 0. The number of nitriles is 1. The number of aryl methyl sites for hydroxylation is 1. The molecule has 1 aromatic rings. The van der Waals surface area contributed by atoms with E-state index in [1.54, 1.807) is 13.1 Å². The standard InChI is InChI=1S/C13H17N3O/c1-10-6-11(7-14)4-5-12(10)8-16(3)9-13(17)15-2/h4-6H,8-9H2,1-3H3,(H,15,17). The van der Waals surface area contributed by atoms with Gasteiger partial charge in [-0.3, -0.25) is 9.69 Å². The highest BCUT2D eigenvalue weighted by Crippen LogP contribution is 2.12. The van der Waals surface area contributed by atoms with Crippen molar-refractivity contribution in [1.82, 2.24) is 10.2 Å². The predicted molar refractivity (Wildman–Crippen MR) is 66.3 cm³/mol. The number of amides is 1. The SMILES string of the molecule is CNC(=O)CN(C)Cc1ccc(C#N)cc1C. The molecule has 0 fully saturated rings. The molecule has 0 radical (unpaired) electrons. The molecule has 0 aliphatic heterocycles. The van der Waals surface area contributed by atoms with Crippen LogP contribution in [0.3, 0.4) is 0 Å². The Bertz CT molecular complexity index is 448. The second-order valence-corrected chi connectivity index (χ2v) is 4.10. The van der Waals surface area contributed by atoms with Crippen LogP contribution in [-0.2, 0) is 11.3 Å². The van der Waals surface area contributed by atoms with Crippen molar-refractivity contribution in [1.29, 1.82) is 5.26 Å². The molecule has 90 valence electrons. The molecular formula is C13H17N3O. The quantitative estimate of drug-likeness (QED) is 0.842. The first-order chi connectivity index (χ1) is 8.06. The Hall–Kier alpha value is -1.86. The minimum Gasteiger partial charge on any atom is -0.358 e. The van der Waals surface area contributed by atoms with Crippen LogP contribution >= 0.6 is 0 Å². The fourth-order valence-electron chi connectivity index (χ4n) is 1.61. The second kappa shape index (κ2) is 6.02. The number of nitrogens with one attached hydrogen (secondary N) is 1. The zero-order valence-electron chi connectivity index (χ0n) is 10.4. The molecular weight excluding hydrogens is 214 g/mol. The molecule has 0 saturated heterocycles. The van der Waals surface area contributed by atoms with Crippen molar-refractivity contribution in [3.63, 3.8) is 0 Å². The molecule has 0 aliphatic carbocycles. The van der Waals surface area contributed by atoms with Crippen LogP contribution < -0.4 is 5.32 Å². The monoisotopic (exact) mass is 231 g/mol. The number of likely N-dealkylation sites (N-methyl/N-ethyl adjacent to an activating group) is 2. The summed E-state index contributed by atoms with van der Waals surface area (Å²) >= 11 is 0. The molecule has 0 saturated carbocycles. The van der Waals surface area contributed by atoms with Gasteiger partial charge in [0, 0.05) is 13.6 Å². The van der Waals surface area contributed by atoms with Crippen LogP contribution in [-0.4, -0.2) is 31.4 Å². The molecule has 17 heavy (non-hydrogen) atoms. The van der Waals surface area contributed by atoms with Gasteiger partial charge in [0.15, 0.2) is 0 Å². The first-order valence-corrected chi connectivity index (χ1v) is 5.45. The summed E-state index contributed by atoms with van der Waals surface area (Å²) in [5.41, 5.74) is 2.88. The van der Waals surface area contributed by atoms with E-state index in [9.17, 15) is 4.79 Å². The van der Waals surface area contributed by atoms with Crippen LogP contribution in [0.5, 0.6) is 0 Å². The number of hydrogen-bond donors (Lipinski definition) is 1. The number of carbonyl (C=O) groups excluding carboxylic acids is 1. The second-order valence-electron chi connectivity index (χ2n) is 4.10. The molecule has 0 heterocycles. The van der Waals surface area contributed by atoms with Gasteiger partial charge in [0.2, 0.25) is 5.91 Å². The third kappa shape index (κ3) is 3.89. The van der Waals surface area contributed by atoms with E-state index < -0.39 is 0 Å². The van der Waals surface area contributed by atoms with E-state index in [2.05, 4.69) is 11.4 Å². The Kier molecular flexibility index (Phi) is 4.68. The van der Waals surface area contributed by atoms with Crippen LogP contribution in [0.1, 0.15) is 16.7 Å². The third-order valence-electron chi connectivity index (χ3n) is 2.60. The van der Waals surface area contributed by atoms with E-state index in [-0.39, 0.29) is 5.91 Å². The topological polar surface area (TPSA) is 56.1 Å². The zero-order valence-corrected chi connectivity index (χ0v) is 10.4. The van der Waals surface area contributed by atoms with Gasteiger partial charge in [-0.1, -0.05) is 6.07 Å². The van der Waals surface area contributed by atoms with E-state index in [0.29, 0.717) is 18.7 Å². The number of benzene rings is 1. The lowest BCUT2D eigenvalue weighted by Gasteiger charge is -2.17. The highest BCUT2D eigenvalue weighted by Gasteiger charge is 2.07. The maximum atomic E-state index is 11.2. The van der Waals surface area contributed by atoms with E-state index in [4.69, 9.17) is 5.26 Å². The van der Waals surface area contributed by atoms with Gasteiger partial charge in [-0.05, 0) is 37.2 Å². The highest BCUT2D eigenvalue weighted by molar-refractivity contribution is 5.77. The summed E-state index contributed by atoms with van der Waals surface area (Å²) < 4.78 is 0. The van der Waals surface area contributed by atoms with E-state index in [1.807, 2.05) is 31.0 Å². The van der Waals surface area contributed by atoms with Crippen molar-refractivity contribution in [3.8, 4) is 6.07 Å². The molecule has 0 spiro atoms. The molecule has 4 nitrogen and oxygen atoms in total. The maximum absolute atomic E-state index is 11.2. The molecule has 1 aromatic carbocycles. The molecule has 1 rings (SSSR count). The van der Waals surface area contributed by atoms with Crippen LogP contribution in [0.2, 0.25) is 0 Å². The van der Waals surface area contributed by atoms with Crippen molar-refractivity contribution in [2.75, 3.05) is 20.6 Å². The molecule has 1 N–H and O–H groups in total. The summed E-state index contributed by atoms with van der Waals surface area (Å²) in [4.78, 5) is 13.1. The van der Waals surface area contributed by atoms with E-state index in [1.165, 1.54) is 0 Å². The Morgan fingerprint density at radius 3 is 2.76 bits per heavy atom. The van der Waals surface area contributed by atoms with Gasteiger partial charge in [0.05, 0.1) is 18.2 Å². The van der Waals surface area contributed by atoms with Gasteiger partial charge in [-0.15, -0.1) is 0 Å². The zero-order chi connectivity index (χ0) is 12.8. The summed E-state index contributed by atoms with van der Waals surface area (Å²) in [5, 5.41) is 11.4. The summed E-state index contributed by atoms with van der Waals surface area (Å²) in [5.74, 6) is -0.00111. The van der Waals surface area contributed by atoms with Gasteiger partial charge in [-0.2, -0.15) is 5.26 Å². The Labute approximate surface area is 102 Å². The maximum Gasteiger partial charge on any atom is 0.233 e. The predicted octanol–water partition coefficient (Wildman–Crippen LogP) is 1.04. The fraction of sp³-hybridized carbons (Fsp3) is 0.385. The van der Waals surface area contributed by atoms with Gasteiger partial charge < -0.3 is 5.32 Å². The largest absolute Gasteiger partial charge is 0.358 e. The van der Waals surface area contributed by atoms with Crippen LogP contribution in [0.25, 0.3) is 0 Å². The normalized spacial score (nSPS) is 10.1. The van der Waals surface area contributed by atoms with Crippen molar-refractivity contribution in [3.05, 3.63) is 34.9 Å². The minimum atomic E-state index is -0.00111. The molecule has 0 bridgehead atoms. The molecule has 0 atom stereocenters. The van der Waals surface area contributed by atoms with E-state index >= 15 is 0 Å². The molecule has 1 amide bonds. The number of nitrogens with zero attached hydrogens (tertiary/aromatic N) is 2. The van der Waals surface area contributed by atoms with Crippen molar-refractivity contribution >= 4 is 5.91 Å². The first kappa shape index (κ1) is 13.2. The first-order valence-electron chi connectivity index (χ1n) is 5.45. The fourth-order valence-corrected chi connectivity index (χ4v) is 1.61. The Morgan fingerprint density at radius 2 is 2.24 bits per heavy atom. The van der Waals surface area contributed by atoms with Gasteiger partial charge in [0.1, 0.15) is 0 Å². The van der Waals surface area contributed by atoms with Gasteiger partial charge >= 0.3 is 0 Å². The molecule has 0 aliphatic rings. The lowest BCUT2D eigenvalue weighted by atomic mass is 10.1.